The fourth-order valence-electron chi connectivity index (χ4n) is 5.72. The summed E-state index contributed by atoms with van der Waals surface area (Å²) in [6.07, 6.45) is -0.932. The van der Waals surface area contributed by atoms with Crippen LogP contribution in [-0.2, 0) is 9.53 Å². The van der Waals surface area contributed by atoms with Crippen molar-refractivity contribution in [3.05, 3.63) is 70.1 Å². The Bertz CT molecular complexity index is 1950. The van der Waals surface area contributed by atoms with Gasteiger partial charge in [-0.15, -0.1) is 5.10 Å². The molecule has 2 heterocycles. The van der Waals surface area contributed by atoms with Crippen LogP contribution in [-0.4, -0.2) is 75.9 Å². The highest BCUT2D eigenvalue weighted by molar-refractivity contribution is 6.34. The van der Waals surface area contributed by atoms with Crippen LogP contribution >= 0.6 is 11.6 Å². The number of halogens is 7. The number of alkyl carbamates (subject to hydrolysis) is 1. The van der Waals surface area contributed by atoms with Gasteiger partial charge in [0.25, 0.3) is 5.91 Å². The number of rotatable bonds is 11. The Morgan fingerprint density at radius 3 is 2.41 bits per heavy atom. The molecule has 0 saturated heterocycles. The lowest BCUT2D eigenvalue weighted by Crippen LogP contribution is -2.44. The molecule has 2 amide bonds. The summed E-state index contributed by atoms with van der Waals surface area (Å²) in [4.78, 5) is 37.9. The third-order valence-corrected chi connectivity index (χ3v) is 8.72. The Labute approximate surface area is 324 Å². The van der Waals surface area contributed by atoms with Crippen LogP contribution in [0.4, 0.5) is 31.1 Å². The van der Waals surface area contributed by atoms with E-state index in [0.29, 0.717) is 17.7 Å². The van der Waals surface area contributed by atoms with Crippen LogP contribution in [0.25, 0.3) is 11.3 Å². The SMILES string of the molecule is CC(C)(C)C.CCC1CC(n2cc(-c3ccc(C4N=C(N)N(C(COC(=O)NCC(F)(F)F)c5ccc(Cl)c(/C(N=CN)=N\C(F)F)c5)C4=O)cc3F)nn2)C1. The number of alkyl halides is 5. The molecule has 2 aliphatic rings. The number of benzene rings is 2. The Balaban J connectivity index is 0.00000131. The third kappa shape index (κ3) is 11.7. The maximum atomic E-state index is 15.5. The van der Waals surface area contributed by atoms with Crippen molar-refractivity contribution < 1.29 is 40.7 Å². The summed E-state index contributed by atoms with van der Waals surface area (Å²) in [5.74, 6) is -1.97. The lowest BCUT2D eigenvalue weighted by atomic mass is 9.79. The number of carbonyl (C=O) groups is 2. The van der Waals surface area contributed by atoms with Crippen molar-refractivity contribution in [2.45, 2.75) is 84.7 Å². The van der Waals surface area contributed by atoms with Crippen molar-refractivity contribution in [3.63, 3.8) is 0 Å². The van der Waals surface area contributed by atoms with Crippen LogP contribution in [0, 0.1) is 17.2 Å². The van der Waals surface area contributed by atoms with Gasteiger partial charge in [0.1, 0.15) is 24.7 Å². The van der Waals surface area contributed by atoms with Gasteiger partial charge in [0, 0.05) is 11.1 Å². The van der Waals surface area contributed by atoms with Crippen LogP contribution < -0.4 is 16.8 Å². The van der Waals surface area contributed by atoms with Crippen LogP contribution in [0.5, 0.6) is 0 Å². The molecule has 5 N–H and O–H groups in total. The second kappa shape index (κ2) is 18.2. The average molecular weight is 813 g/mol. The first-order chi connectivity index (χ1) is 26.2. The van der Waals surface area contributed by atoms with Crippen molar-refractivity contribution in [1.82, 2.24) is 25.2 Å². The first-order valence-corrected chi connectivity index (χ1v) is 17.8. The molecule has 0 bridgehead atoms. The molecule has 1 fully saturated rings. The van der Waals surface area contributed by atoms with E-state index in [0.717, 1.165) is 30.2 Å². The first-order valence-electron chi connectivity index (χ1n) is 17.4. The molecule has 5 rings (SSSR count). The molecule has 1 saturated carbocycles. The van der Waals surface area contributed by atoms with Gasteiger partial charge in [0.05, 0.1) is 29.6 Å². The summed E-state index contributed by atoms with van der Waals surface area (Å²) < 4.78 is 86.7. The largest absolute Gasteiger partial charge is 0.447 e. The van der Waals surface area contributed by atoms with E-state index in [1.54, 1.807) is 10.9 Å². The number of nitrogens with two attached hydrogens (primary N) is 2. The summed E-state index contributed by atoms with van der Waals surface area (Å²) in [7, 11) is 0. The van der Waals surface area contributed by atoms with Crippen LogP contribution in [0.2, 0.25) is 5.02 Å². The van der Waals surface area contributed by atoms with Crippen molar-refractivity contribution in [3.8, 4) is 11.3 Å². The maximum Gasteiger partial charge on any atom is 0.407 e. The third-order valence-electron chi connectivity index (χ3n) is 8.39. The zero-order chi connectivity index (χ0) is 41.5. The quantitative estimate of drug-likeness (QED) is 0.0785. The molecular weight excluding hydrogens is 770 g/mol. The summed E-state index contributed by atoms with van der Waals surface area (Å²) in [6, 6.07) is 5.06. The smallest absolute Gasteiger partial charge is 0.407 e. The van der Waals surface area contributed by atoms with Crippen molar-refractivity contribution in [1.29, 1.82) is 0 Å². The summed E-state index contributed by atoms with van der Waals surface area (Å²) in [5, 5.41) is 9.67. The molecule has 2 aromatic carbocycles. The Morgan fingerprint density at radius 1 is 1.14 bits per heavy atom. The second-order valence-corrected chi connectivity index (χ2v) is 15.1. The zero-order valence-electron chi connectivity index (χ0n) is 31.2. The number of amidine groups is 1. The van der Waals surface area contributed by atoms with Crippen molar-refractivity contribution >= 4 is 41.7 Å². The van der Waals surface area contributed by atoms with E-state index in [1.165, 1.54) is 35.6 Å². The lowest BCUT2D eigenvalue weighted by molar-refractivity contribution is -0.129. The fourth-order valence-corrected chi connectivity index (χ4v) is 5.92. The molecule has 304 valence electrons. The molecule has 20 heteroatoms. The van der Waals surface area contributed by atoms with E-state index in [2.05, 4.69) is 59.9 Å². The number of aromatic nitrogens is 3. The molecule has 1 aliphatic heterocycles. The van der Waals surface area contributed by atoms with Gasteiger partial charge in [-0.1, -0.05) is 70.0 Å². The number of hydrogen-bond acceptors (Lipinski definition) is 8. The Kier molecular flexibility index (Phi) is 14.1. The number of carbonyl (C=O) groups excluding carboxylic acids is 2. The molecule has 2 atom stereocenters. The molecule has 1 aliphatic carbocycles. The molecule has 2 unspecified atom stereocenters. The Morgan fingerprint density at radius 2 is 1.82 bits per heavy atom. The number of ether oxygens (including phenoxy) is 1. The Hall–Kier alpha value is -5.20. The molecule has 13 nitrogen and oxygen atoms in total. The normalized spacial score (nSPS) is 19.4. The predicted molar refractivity (Wildman–Crippen MR) is 199 cm³/mol. The van der Waals surface area contributed by atoms with E-state index >= 15 is 4.39 Å². The number of nitrogens with zero attached hydrogens (tertiary/aromatic N) is 7. The zero-order valence-corrected chi connectivity index (χ0v) is 32.0. The van der Waals surface area contributed by atoms with E-state index < -0.39 is 67.6 Å². The number of amides is 2. The molecule has 0 radical (unpaired) electrons. The van der Waals surface area contributed by atoms with Crippen molar-refractivity contribution in [2.24, 2.45) is 37.8 Å². The highest BCUT2D eigenvalue weighted by atomic mass is 35.5. The summed E-state index contributed by atoms with van der Waals surface area (Å²) in [5.41, 5.74) is 12.3. The maximum absolute atomic E-state index is 15.5. The highest BCUT2D eigenvalue weighted by Gasteiger charge is 2.41. The van der Waals surface area contributed by atoms with Gasteiger partial charge >= 0.3 is 18.8 Å². The number of nitrogens with one attached hydrogen (secondary N) is 1. The minimum atomic E-state index is -4.75. The van der Waals surface area contributed by atoms with E-state index in [9.17, 15) is 31.5 Å². The highest BCUT2D eigenvalue weighted by Crippen LogP contribution is 2.40. The van der Waals surface area contributed by atoms with Gasteiger partial charge in [0.2, 0.25) is 0 Å². The van der Waals surface area contributed by atoms with Crippen LogP contribution in [0.1, 0.15) is 88.7 Å². The van der Waals surface area contributed by atoms with Crippen LogP contribution in [0.3, 0.4) is 0 Å². The number of aliphatic imine (C=N–C) groups is 3. The molecule has 3 aromatic rings. The minimum absolute atomic E-state index is 0.0423. The van der Waals surface area contributed by atoms with E-state index in [-0.39, 0.29) is 39.0 Å². The fraction of sp³-hybridized carbons (Fsp3) is 0.472. The number of guanidine groups is 1. The van der Waals surface area contributed by atoms with Gasteiger partial charge < -0.3 is 21.5 Å². The topological polar surface area (TPSA) is 178 Å². The molecule has 56 heavy (non-hydrogen) atoms. The monoisotopic (exact) mass is 812 g/mol. The van der Waals surface area contributed by atoms with E-state index in [4.69, 9.17) is 27.8 Å². The van der Waals surface area contributed by atoms with Gasteiger partial charge in [-0.3, -0.25) is 9.69 Å². The van der Waals surface area contributed by atoms with Crippen molar-refractivity contribution in [2.75, 3.05) is 13.2 Å². The van der Waals surface area contributed by atoms with Gasteiger partial charge in [0.15, 0.2) is 17.8 Å². The lowest BCUT2D eigenvalue weighted by Gasteiger charge is -2.34. The molecule has 0 spiro atoms. The average Bonchev–Trinajstić information content (AvgIpc) is 3.66. The standard InChI is InChI=1S/C31H31ClF6N10O3.C5H12/c1-2-15-7-18(8-15)47-11-23(45-46-47)19-5-3-17(10-22(19)33)25-27(49)48(29(40)43-25)24(12-51-30(50)41-13-31(36,37)38)16-4-6-21(32)20(9-16)26(42-14-39)44-28(34)35;1-5(2,3)4/h3-6,9-11,14-15,18,24-25,28H,2,7-8,12-13H2,1H3,(H2,40,43)(H,41,50)(H2,39,42,44);1-4H3. The van der Waals surface area contributed by atoms with E-state index in [1.807, 2.05) is 0 Å². The first kappa shape index (κ1) is 43.5. The molecule has 1 aromatic heterocycles. The minimum Gasteiger partial charge on any atom is -0.447 e. The summed E-state index contributed by atoms with van der Waals surface area (Å²) >= 11 is 6.24. The number of hydrogen-bond donors (Lipinski definition) is 3. The summed E-state index contributed by atoms with van der Waals surface area (Å²) in [6.45, 7) is 5.13. The second-order valence-electron chi connectivity index (χ2n) is 14.7. The molecular formula is C36H43ClF6N10O3. The van der Waals surface area contributed by atoms with Gasteiger partial charge in [-0.05, 0) is 59.6 Å². The van der Waals surface area contributed by atoms with Gasteiger partial charge in [-0.25, -0.2) is 23.9 Å². The van der Waals surface area contributed by atoms with Crippen LogP contribution in [0.15, 0.2) is 57.6 Å². The predicted octanol–water partition coefficient (Wildman–Crippen LogP) is 7.34. The van der Waals surface area contributed by atoms with Gasteiger partial charge in [-0.2, -0.15) is 26.9 Å².